The lowest BCUT2D eigenvalue weighted by Crippen LogP contribution is -2.24. The topological polar surface area (TPSA) is 64.9 Å². The summed E-state index contributed by atoms with van der Waals surface area (Å²) >= 11 is 0. The molecule has 0 fully saturated rings. The first kappa shape index (κ1) is 23.7. The second kappa shape index (κ2) is 12.9. The molecule has 0 aliphatic carbocycles. The Bertz CT molecular complexity index is 967. The van der Waals surface area contributed by atoms with Crippen molar-refractivity contribution in [2.75, 3.05) is 6.54 Å². The molecule has 0 unspecified atom stereocenters. The van der Waals surface area contributed by atoms with Crippen molar-refractivity contribution in [1.29, 1.82) is 5.26 Å². The molecule has 2 rings (SSSR count). The van der Waals surface area contributed by atoms with Crippen LogP contribution >= 0.6 is 0 Å². The maximum absolute atomic E-state index is 12.4. The number of nitriles is 1. The number of nitrogens with zero attached hydrogens (tertiary/aromatic N) is 1. The molecular weight excluding hydrogens is 382 g/mol. The van der Waals surface area contributed by atoms with Crippen LogP contribution in [0.3, 0.4) is 0 Å². The number of nitrogens with one attached hydrogen (secondary N) is 2. The molecule has 0 atom stereocenters. The summed E-state index contributed by atoms with van der Waals surface area (Å²) in [4.78, 5) is 12.4. The molecule has 1 aromatic rings. The third kappa shape index (κ3) is 8.36. The third-order valence-electron chi connectivity index (χ3n) is 5.03. The standard InChI is InChI=1S/C27H31N3O/c1-4-21(3)10-15-26-18-24(20-30-26)16-17-29-27(31)25-13-11-23(12-14-25)9-7-6-8-22(5-2)19-28/h4-6,8,10-15,20,30H,1,7,9,16-18H2,2-3H3,(H,29,31)/b8-6-,21-10-,22-5+,26-15+. The van der Waals surface area contributed by atoms with Crippen molar-refractivity contribution in [3.8, 4) is 6.07 Å². The van der Waals surface area contributed by atoms with Crippen LogP contribution in [0.2, 0.25) is 0 Å². The van der Waals surface area contributed by atoms with Crippen LogP contribution in [-0.2, 0) is 6.42 Å². The third-order valence-corrected chi connectivity index (χ3v) is 5.03. The number of rotatable bonds is 10. The highest BCUT2D eigenvalue weighted by Crippen LogP contribution is 2.18. The van der Waals surface area contributed by atoms with Gasteiger partial charge in [0, 0.05) is 36.0 Å². The first-order valence-electron chi connectivity index (χ1n) is 10.6. The van der Waals surface area contributed by atoms with Gasteiger partial charge in [-0.05, 0) is 68.5 Å². The van der Waals surface area contributed by atoms with E-state index in [4.69, 9.17) is 5.26 Å². The minimum absolute atomic E-state index is 0.0509. The maximum atomic E-state index is 12.4. The summed E-state index contributed by atoms with van der Waals surface area (Å²) in [6.07, 6.45) is 17.0. The van der Waals surface area contributed by atoms with Gasteiger partial charge in [0.1, 0.15) is 0 Å². The number of benzene rings is 1. The second-order valence-corrected chi connectivity index (χ2v) is 7.43. The van der Waals surface area contributed by atoms with Gasteiger partial charge in [-0.1, -0.05) is 48.6 Å². The van der Waals surface area contributed by atoms with E-state index in [-0.39, 0.29) is 5.91 Å². The van der Waals surface area contributed by atoms with Gasteiger partial charge in [-0.2, -0.15) is 5.26 Å². The van der Waals surface area contributed by atoms with E-state index in [1.54, 1.807) is 6.08 Å². The van der Waals surface area contributed by atoms with Crippen molar-refractivity contribution in [2.45, 2.75) is 39.5 Å². The molecule has 0 radical (unpaired) electrons. The monoisotopic (exact) mass is 413 g/mol. The number of hydrogen-bond acceptors (Lipinski definition) is 3. The van der Waals surface area contributed by atoms with Gasteiger partial charge in [0.05, 0.1) is 6.07 Å². The zero-order valence-corrected chi connectivity index (χ0v) is 18.4. The zero-order chi connectivity index (χ0) is 22.5. The van der Waals surface area contributed by atoms with Crippen molar-refractivity contribution in [3.63, 3.8) is 0 Å². The Morgan fingerprint density at radius 3 is 2.74 bits per heavy atom. The Balaban J connectivity index is 1.73. The molecule has 0 aromatic heterocycles. The molecule has 1 heterocycles. The number of carbonyl (C=O) groups excluding carboxylic acids is 1. The first-order valence-corrected chi connectivity index (χ1v) is 10.6. The van der Waals surface area contributed by atoms with Gasteiger partial charge in [0.15, 0.2) is 0 Å². The minimum Gasteiger partial charge on any atom is -0.365 e. The largest absolute Gasteiger partial charge is 0.365 e. The summed E-state index contributed by atoms with van der Waals surface area (Å²) in [5.41, 5.74) is 6.06. The van der Waals surface area contributed by atoms with Crippen molar-refractivity contribution in [3.05, 3.63) is 107 Å². The van der Waals surface area contributed by atoms with E-state index in [1.807, 2.05) is 68.6 Å². The molecule has 1 aliphatic rings. The molecule has 0 bridgehead atoms. The van der Waals surface area contributed by atoms with Gasteiger partial charge in [0.2, 0.25) is 0 Å². The van der Waals surface area contributed by atoms with Gasteiger partial charge < -0.3 is 10.6 Å². The Morgan fingerprint density at radius 1 is 1.29 bits per heavy atom. The Kier molecular flexibility index (Phi) is 9.84. The molecule has 160 valence electrons. The van der Waals surface area contributed by atoms with Crippen LogP contribution in [0, 0.1) is 11.3 Å². The van der Waals surface area contributed by atoms with Gasteiger partial charge in [-0.15, -0.1) is 0 Å². The fourth-order valence-corrected chi connectivity index (χ4v) is 3.03. The van der Waals surface area contributed by atoms with Gasteiger partial charge >= 0.3 is 0 Å². The molecule has 0 saturated carbocycles. The van der Waals surface area contributed by atoms with Crippen LogP contribution in [0.1, 0.15) is 49.0 Å². The van der Waals surface area contributed by atoms with E-state index >= 15 is 0 Å². The number of carbonyl (C=O) groups is 1. The maximum Gasteiger partial charge on any atom is 0.251 e. The van der Waals surface area contributed by atoms with E-state index in [1.165, 1.54) is 11.1 Å². The zero-order valence-electron chi connectivity index (χ0n) is 18.4. The molecule has 2 N–H and O–H groups in total. The van der Waals surface area contributed by atoms with Crippen molar-refractivity contribution in [2.24, 2.45) is 0 Å². The van der Waals surface area contributed by atoms with Crippen LogP contribution in [0.5, 0.6) is 0 Å². The van der Waals surface area contributed by atoms with E-state index in [0.717, 1.165) is 37.0 Å². The predicted molar refractivity (Wildman–Crippen MR) is 128 cm³/mol. The lowest BCUT2D eigenvalue weighted by Gasteiger charge is -2.06. The van der Waals surface area contributed by atoms with Crippen molar-refractivity contribution in [1.82, 2.24) is 10.6 Å². The van der Waals surface area contributed by atoms with E-state index in [9.17, 15) is 4.79 Å². The average Bonchev–Trinajstić information content (AvgIpc) is 3.25. The SMILES string of the molecule is C=C/C(C)=C\C=C1/CC(CCNC(=O)c2ccc(CC/C=C\C(C#N)=C/C)cc2)=CN1. The number of hydrogen-bond donors (Lipinski definition) is 2. The van der Waals surface area contributed by atoms with E-state index in [0.29, 0.717) is 17.7 Å². The summed E-state index contributed by atoms with van der Waals surface area (Å²) < 4.78 is 0. The Hall–Kier alpha value is -3.58. The molecule has 1 aliphatic heterocycles. The fraction of sp³-hybridized carbons (Fsp3) is 0.259. The molecule has 31 heavy (non-hydrogen) atoms. The summed E-state index contributed by atoms with van der Waals surface area (Å²) in [6.45, 7) is 8.23. The van der Waals surface area contributed by atoms with E-state index < -0.39 is 0 Å². The quantitative estimate of drug-likeness (QED) is 0.384. The molecular formula is C27H31N3O. The van der Waals surface area contributed by atoms with Gasteiger partial charge in [0.25, 0.3) is 5.91 Å². The molecule has 1 aromatic carbocycles. The summed E-state index contributed by atoms with van der Waals surface area (Å²) in [5, 5.41) is 15.2. The normalized spacial score (nSPS) is 15.5. The highest BCUT2D eigenvalue weighted by Gasteiger charge is 2.10. The van der Waals surface area contributed by atoms with Gasteiger partial charge in [-0.3, -0.25) is 4.79 Å². The lowest BCUT2D eigenvalue weighted by molar-refractivity contribution is 0.0954. The molecule has 4 heteroatoms. The first-order chi connectivity index (χ1) is 15.0. The highest BCUT2D eigenvalue weighted by molar-refractivity contribution is 5.94. The summed E-state index contributed by atoms with van der Waals surface area (Å²) in [7, 11) is 0. The summed E-state index contributed by atoms with van der Waals surface area (Å²) in [5.74, 6) is -0.0509. The Morgan fingerprint density at radius 2 is 2.06 bits per heavy atom. The Labute approximate surface area is 186 Å². The molecule has 0 saturated heterocycles. The van der Waals surface area contributed by atoms with Crippen molar-refractivity contribution >= 4 is 5.91 Å². The minimum atomic E-state index is -0.0509. The second-order valence-electron chi connectivity index (χ2n) is 7.43. The average molecular weight is 414 g/mol. The smallest absolute Gasteiger partial charge is 0.251 e. The lowest BCUT2D eigenvalue weighted by atomic mass is 10.1. The molecule has 0 spiro atoms. The van der Waals surface area contributed by atoms with Crippen LogP contribution in [0.4, 0.5) is 0 Å². The fourth-order valence-electron chi connectivity index (χ4n) is 3.03. The number of aryl methyl sites for hydroxylation is 1. The van der Waals surface area contributed by atoms with Crippen LogP contribution in [0.15, 0.2) is 95.9 Å². The summed E-state index contributed by atoms with van der Waals surface area (Å²) in [6, 6.07) is 9.85. The predicted octanol–water partition coefficient (Wildman–Crippen LogP) is 5.66. The number of allylic oxidation sites excluding steroid dienone is 9. The van der Waals surface area contributed by atoms with E-state index in [2.05, 4.69) is 29.4 Å². The van der Waals surface area contributed by atoms with Gasteiger partial charge in [-0.25, -0.2) is 0 Å². The molecule has 1 amide bonds. The van der Waals surface area contributed by atoms with Crippen molar-refractivity contribution < 1.29 is 4.79 Å². The van der Waals surface area contributed by atoms with Crippen LogP contribution in [-0.4, -0.2) is 12.5 Å². The van der Waals surface area contributed by atoms with Crippen LogP contribution < -0.4 is 10.6 Å². The van der Waals surface area contributed by atoms with Crippen LogP contribution in [0.25, 0.3) is 0 Å². The number of amides is 1. The highest BCUT2D eigenvalue weighted by atomic mass is 16.1. The molecule has 4 nitrogen and oxygen atoms in total.